The van der Waals surface area contributed by atoms with Crippen LogP contribution in [0.5, 0.6) is 0 Å². The molecule has 166 valence electrons. The number of carbonyl (C=O) groups is 1. The smallest absolute Gasteiger partial charge is 0.254 e. The quantitative estimate of drug-likeness (QED) is 0.521. The molecule has 2 aromatic carbocycles. The molecule has 0 unspecified atom stereocenters. The molecule has 3 heterocycles. The van der Waals surface area contributed by atoms with E-state index in [1.54, 1.807) is 18.7 Å². The molecule has 6 heteroatoms. The van der Waals surface area contributed by atoms with Gasteiger partial charge < -0.3 is 14.6 Å². The van der Waals surface area contributed by atoms with Gasteiger partial charge in [0.1, 0.15) is 0 Å². The zero-order valence-electron chi connectivity index (χ0n) is 18.3. The highest BCUT2D eigenvalue weighted by Gasteiger charge is 2.43. The van der Waals surface area contributed by atoms with Crippen LogP contribution in [-0.4, -0.2) is 49.6 Å². The Morgan fingerprint density at radius 1 is 0.909 bits per heavy atom. The van der Waals surface area contributed by atoms with Crippen molar-refractivity contribution in [2.75, 3.05) is 13.1 Å². The number of carbonyl (C=O) groups excluding carboxylic acids is 1. The number of imidazole rings is 1. The highest BCUT2D eigenvalue weighted by Crippen LogP contribution is 2.42. The van der Waals surface area contributed by atoms with Crippen LogP contribution >= 0.6 is 0 Å². The Morgan fingerprint density at radius 3 is 2.52 bits per heavy atom. The topological polar surface area (TPSA) is 71.2 Å². The van der Waals surface area contributed by atoms with Gasteiger partial charge in [0, 0.05) is 49.0 Å². The number of aliphatic hydroxyl groups excluding tert-OH is 1. The number of nitrogens with zero attached hydrogens (tertiary/aromatic N) is 4. The molecular weight excluding hydrogens is 412 g/mol. The van der Waals surface area contributed by atoms with Gasteiger partial charge in [0.2, 0.25) is 0 Å². The molecule has 4 aromatic rings. The number of aromatic nitrogens is 3. The van der Waals surface area contributed by atoms with E-state index in [-0.39, 0.29) is 11.9 Å². The van der Waals surface area contributed by atoms with Gasteiger partial charge in [-0.2, -0.15) is 0 Å². The van der Waals surface area contributed by atoms with Crippen LogP contribution in [0.25, 0.3) is 21.9 Å². The fourth-order valence-corrected chi connectivity index (χ4v) is 5.80. The molecular formula is C27H26N4O2. The Bertz CT molecular complexity index is 1290. The maximum absolute atomic E-state index is 13.7. The van der Waals surface area contributed by atoms with Crippen molar-refractivity contribution in [3.63, 3.8) is 0 Å². The molecule has 6 nitrogen and oxygen atoms in total. The second-order valence-electron chi connectivity index (χ2n) is 9.29. The molecule has 2 aliphatic rings. The van der Waals surface area contributed by atoms with Crippen molar-refractivity contribution in [1.82, 2.24) is 19.4 Å². The predicted octanol–water partition coefficient (Wildman–Crippen LogP) is 4.18. The van der Waals surface area contributed by atoms with Crippen LogP contribution < -0.4 is 0 Å². The molecule has 1 aliphatic carbocycles. The molecule has 4 atom stereocenters. The number of hydrogen-bond acceptors (Lipinski definition) is 4. The first-order valence-corrected chi connectivity index (χ1v) is 11.6. The average Bonchev–Trinajstić information content (AvgIpc) is 3.53. The third kappa shape index (κ3) is 3.51. The number of aliphatic hydroxyl groups is 1. The summed E-state index contributed by atoms with van der Waals surface area (Å²) in [6.07, 6.45) is 10.3. The second-order valence-corrected chi connectivity index (χ2v) is 9.29. The minimum atomic E-state index is -0.407. The Morgan fingerprint density at radius 2 is 1.73 bits per heavy atom. The van der Waals surface area contributed by atoms with Gasteiger partial charge in [0.15, 0.2) is 0 Å². The van der Waals surface area contributed by atoms with Crippen LogP contribution in [0.3, 0.4) is 0 Å². The highest BCUT2D eigenvalue weighted by atomic mass is 16.3. The van der Waals surface area contributed by atoms with E-state index in [1.165, 1.54) is 0 Å². The fourth-order valence-electron chi connectivity index (χ4n) is 5.80. The number of rotatable bonds is 3. The van der Waals surface area contributed by atoms with Crippen LogP contribution in [0, 0.1) is 11.8 Å². The van der Waals surface area contributed by atoms with Crippen LogP contribution in [0.1, 0.15) is 29.2 Å². The van der Waals surface area contributed by atoms with E-state index in [1.807, 2.05) is 58.3 Å². The van der Waals surface area contributed by atoms with Gasteiger partial charge in [-0.25, -0.2) is 4.98 Å². The first-order valence-electron chi connectivity index (χ1n) is 11.6. The fraction of sp³-hybridized carbons (Fsp3) is 0.296. The molecule has 0 spiro atoms. The number of fused-ring (bicyclic) bond motifs is 2. The van der Waals surface area contributed by atoms with Crippen molar-refractivity contribution in [3.05, 3.63) is 85.2 Å². The molecule has 33 heavy (non-hydrogen) atoms. The summed E-state index contributed by atoms with van der Waals surface area (Å²) in [6.45, 7) is 1.44. The van der Waals surface area contributed by atoms with Gasteiger partial charge in [-0.05, 0) is 53.1 Å². The first kappa shape index (κ1) is 20.1. The monoisotopic (exact) mass is 438 g/mol. The van der Waals surface area contributed by atoms with Crippen molar-refractivity contribution in [1.29, 1.82) is 0 Å². The average molecular weight is 439 g/mol. The molecule has 6 rings (SSSR count). The zero-order valence-corrected chi connectivity index (χ0v) is 18.3. The van der Waals surface area contributed by atoms with E-state index in [0.29, 0.717) is 18.4 Å². The Labute approximate surface area is 192 Å². The number of pyridine rings is 1. The van der Waals surface area contributed by atoms with E-state index in [2.05, 4.69) is 22.1 Å². The summed E-state index contributed by atoms with van der Waals surface area (Å²) in [5, 5.41) is 12.8. The molecule has 1 aliphatic heterocycles. The summed E-state index contributed by atoms with van der Waals surface area (Å²) in [6, 6.07) is 16.1. The molecule has 2 fully saturated rings. The third-order valence-electron chi connectivity index (χ3n) is 7.43. The van der Waals surface area contributed by atoms with E-state index in [4.69, 9.17) is 0 Å². The lowest BCUT2D eigenvalue weighted by Crippen LogP contribution is -2.35. The summed E-state index contributed by atoms with van der Waals surface area (Å²) in [7, 11) is 0. The Balaban J connectivity index is 1.29. The summed E-state index contributed by atoms with van der Waals surface area (Å²) in [5.41, 5.74) is 2.86. The van der Waals surface area contributed by atoms with E-state index < -0.39 is 6.10 Å². The lowest BCUT2D eigenvalue weighted by molar-refractivity contribution is 0.0357. The number of hydrogen-bond donors (Lipinski definition) is 1. The maximum Gasteiger partial charge on any atom is 0.254 e. The van der Waals surface area contributed by atoms with Gasteiger partial charge >= 0.3 is 0 Å². The van der Waals surface area contributed by atoms with E-state index in [9.17, 15) is 9.90 Å². The molecule has 2 aromatic heterocycles. The van der Waals surface area contributed by atoms with Crippen LogP contribution in [0.15, 0.2) is 79.6 Å². The predicted molar refractivity (Wildman–Crippen MR) is 127 cm³/mol. The molecule has 1 amide bonds. The molecule has 0 bridgehead atoms. The Hall–Kier alpha value is -3.51. The lowest BCUT2D eigenvalue weighted by Gasteiger charge is -2.35. The standard InChI is InChI=1S/C27H26N4O2/c32-26-13-20-16-31(15-19(20)12-25(26)30-11-10-29-17-30)27(33)24-8-2-6-22-21(5-1-7-23(22)24)18-4-3-9-28-14-18/h1-11,14,17,19-20,25-26,32H,12-13,15-16H2/t19-,20+,25-,26-/m1/s1. The minimum absolute atomic E-state index is 0.0309. The summed E-state index contributed by atoms with van der Waals surface area (Å²) < 4.78 is 2.01. The third-order valence-corrected chi connectivity index (χ3v) is 7.43. The second kappa shape index (κ2) is 8.12. The van der Waals surface area contributed by atoms with Crippen molar-refractivity contribution < 1.29 is 9.90 Å². The minimum Gasteiger partial charge on any atom is -0.391 e. The number of likely N-dealkylation sites (tertiary alicyclic amines) is 1. The molecule has 0 radical (unpaired) electrons. The van der Waals surface area contributed by atoms with Gasteiger partial charge in [-0.3, -0.25) is 9.78 Å². The Kier molecular flexibility index (Phi) is 4.95. The van der Waals surface area contributed by atoms with Crippen LogP contribution in [0.4, 0.5) is 0 Å². The van der Waals surface area contributed by atoms with Crippen molar-refractivity contribution >= 4 is 16.7 Å². The molecule has 1 N–H and O–H groups in total. The van der Waals surface area contributed by atoms with Crippen molar-refractivity contribution in [2.24, 2.45) is 11.8 Å². The summed E-state index contributed by atoms with van der Waals surface area (Å²) >= 11 is 0. The lowest BCUT2D eigenvalue weighted by atomic mass is 9.77. The molecule has 1 saturated heterocycles. The summed E-state index contributed by atoms with van der Waals surface area (Å²) in [4.78, 5) is 24.1. The van der Waals surface area contributed by atoms with Crippen LogP contribution in [-0.2, 0) is 0 Å². The van der Waals surface area contributed by atoms with Gasteiger partial charge in [0.25, 0.3) is 5.91 Å². The van der Waals surface area contributed by atoms with Gasteiger partial charge in [0.05, 0.1) is 18.5 Å². The van der Waals surface area contributed by atoms with Gasteiger partial charge in [-0.1, -0.05) is 36.4 Å². The number of amides is 1. The SMILES string of the molecule is O=C(c1cccc2c(-c3cccnc3)cccc12)N1C[C@H]2C[C@@H](n3ccnc3)[C@H](O)C[C@H]2C1. The van der Waals surface area contributed by atoms with E-state index in [0.717, 1.165) is 46.8 Å². The highest BCUT2D eigenvalue weighted by molar-refractivity contribution is 6.10. The van der Waals surface area contributed by atoms with Crippen LogP contribution in [0.2, 0.25) is 0 Å². The zero-order chi connectivity index (χ0) is 22.4. The van der Waals surface area contributed by atoms with Crippen molar-refractivity contribution in [3.8, 4) is 11.1 Å². The van der Waals surface area contributed by atoms with E-state index >= 15 is 0 Å². The van der Waals surface area contributed by atoms with Crippen molar-refractivity contribution in [2.45, 2.75) is 25.0 Å². The maximum atomic E-state index is 13.7. The largest absolute Gasteiger partial charge is 0.391 e. The number of benzene rings is 2. The molecule has 1 saturated carbocycles. The normalized spacial score (nSPS) is 24.7. The van der Waals surface area contributed by atoms with Gasteiger partial charge in [-0.15, -0.1) is 0 Å². The first-order chi connectivity index (χ1) is 16.2. The summed E-state index contributed by atoms with van der Waals surface area (Å²) in [5.74, 6) is 0.808.